The second-order valence-electron chi connectivity index (χ2n) is 2.56. The third-order valence-corrected chi connectivity index (χ3v) is 1.67. The Labute approximate surface area is 76.5 Å². The molecule has 5 nitrogen and oxygen atoms in total. The van der Waals surface area contributed by atoms with E-state index in [1.807, 2.05) is 11.5 Å². The molecule has 70 valence electrons. The molecule has 5 heteroatoms. The largest absolute Gasteiger partial charge is 0.351 e. The molecule has 1 amide bonds. The Morgan fingerprint density at radius 1 is 1.62 bits per heavy atom. The lowest BCUT2D eigenvalue weighted by Gasteiger charge is -2.03. The van der Waals surface area contributed by atoms with Gasteiger partial charge in [-0.3, -0.25) is 4.79 Å². The van der Waals surface area contributed by atoms with E-state index in [2.05, 4.69) is 22.1 Å². The van der Waals surface area contributed by atoms with Crippen LogP contribution in [-0.4, -0.2) is 21.2 Å². The molecular formula is C8H12N4O. The normalized spacial score (nSPS) is 9.62. The molecule has 0 saturated carbocycles. The van der Waals surface area contributed by atoms with Crippen molar-refractivity contribution in [1.82, 2.24) is 20.1 Å². The summed E-state index contributed by atoms with van der Waals surface area (Å²) in [5.74, 6) is 1.56. The summed E-state index contributed by atoms with van der Waals surface area (Å²) in [6, 6.07) is 0. The van der Waals surface area contributed by atoms with Gasteiger partial charge in [0.05, 0.1) is 6.54 Å². The molecule has 0 spiro atoms. The smallest absolute Gasteiger partial charge is 0.207 e. The monoisotopic (exact) mass is 180 g/mol. The van der Waals surface area contributed by atoms with Gasteiger partial charge in [0.2, 0.25) is 6.41 Å². The molecule has 1 N–H and O–H groups in total. The Bertz CT molecular complexity index is 305. The van der Waals surface area contributed by atoms with E-state index < -0.39 is 0 Å². The molecule has 1 aromatic heterocycles. The maximum absolute atomic E-state index is 10.1. The number of aryl methyl sites for hydroxylation is 1. The highest BCUT2D eigenvalue weighted by molar-refractivity contribution is 5.45. The quantitative estimate of drug-likeness (QED) is 0.513. The number of hydrogen-bond acceptors (Lipinski definition) is 3. The van der Waals surface area contributed by atoms with Crippen LogP contribution in [0.5, 0.6) is 0 Å². The highest BCUT2D eigenvalue weighted by atomic mass is 16.1. The zero-order valence-electron chi connectivity index (χ0n) is 7.53. The van der Waals surface area contributed by atoms with Gasteiger partial charge < -0.3 is 9.88 Å². The Morgan fingerprint density at radius 3 is 3.00 bits per heavy atom. The molecule has 1 heterocycles. The van der Waals surface area contributed by atoms with Crippen molar-refractivity contribution in [2.75, 3.05) is 0 Å². The second-order valence-corrected chi connectivity index (χ2v) is 2.56. The van der Waals surface area contributed by atoms with Gasteiger partial charge in [-0.2, -0.15) is 0 Å². The third kappa shape index (κ3) is 2.14. The summed E-state index contributed by atoms with van der Waals surface area (Å²) in [6.45, 7) is 6.56. The van der Waals surface area contributed by atoms with Crippen LogP contribution in [0.4, 0.5) is 0 Å². The zero-order valence-corrected chi connectivity index (χ0v) is 7.53. The Morgan fingerprint density at radius 2 is 2.38 bits per heavy atom. The number of amides is 1. The number of carbonyl (C=O) groups excluding carboxylic acids is 1. The van der Waals surface area contributed by atoms with E-state index in [4.69, 9.17) is 0 Å². The van der Waals surface area contributed by atoms with Crippen LogP contribution < -0.4 is 5.32 Å². The molecule has 0 atom stereocenters. The topological polar surface area (TPSA) is 59.8 Å². The number of nitrogens with one attached hydrogen (secondary N) is 1. The summed E-state index contributed by atoms with van der Waals surface area (Å²) >= 11 is 0. The highest BCUT2D eigenvalue weighted by Gasteiger charge is 2.05. The van der Waals surface area contributed by atoms with Crippen molar-refractivity contribution in [3.63, 3.8) is 0 Å². The van der Waals surface area contributed by atoms with E-state index in [0.717, 1.165) is 11.6 Å². The maximum Gasteiger partial charge on any atom is 0.207 e. The predicted octanol–water partition coefficient (Wildman–Crippen LogP) is 0.0185. The van der Waals surface area contributed by atoms with Crippen molar-refractivity contribution < 1.29 is 4.79 Å². The first-order valence-corrected chi connectivity index (χ1v) is 3.96. The lowest BCUT2D eigenvalue weighted by atomic mass is 10.5. The fraction of sp³-hybridized carbons (Fsp3) is 0.375. The van der Waals surface area contributed by atoms with Crippen LogP contribution >= 0.6 is 0 Å². The molecule has 1 rings (SSSR count). The molecule has 13 heavy (non-hydrogen) atoms. The molecule has 0 unspecified atom stereocenters. The average Bonchev–Trinajstić information content (AvgIpc) is 2.46. The van der Waals surface area contributed by atoms with E-state index in [0.29, 0.717) is 19.5 Å². The van der Waals surface area contributed by atoms with Gasteiger partial charge in [-0.15, -0.1) is 16.8 Å². The van der Waals surface area contributed by atoms with E-state index in [1.165, 1.54) is 0 Å². The molecule has 0 aromatic carbocycles. The van der Waals surface area contributed by atoms with Gasteiger partial charge >= 0.3 is 0 Å². The second kappa shape index (κ2) is 4.39. The maximum atomic E-state index is 10.1. The highest BCUT2D eigenvalue weighted by Crippen LogP contribution is 2.00. The molecule has 0 radical (unpaired) electrons. The summed E-state index contributed by atoms with van der Waals surface area (Å²) in [7, 11) is 0. The lowest BCUT2D eigenvalue weighted by Crippen LogP contribution is -2.15. The van der Waals surface area contributed by atoms with Crippen molar-refractivity contribution in [2.24, 2.45) is 0 Å². The van der Waals surface area contributed by atoms with Crippen LogP contribution in [-0.2, 0) is 17.9 Å². The first-order valence-electron chi connectivity index (χ1n) is 3.96. The minimum Gasteiger partial charge on any atom is -0.351 e. The molecule has 0 fully saturated rings. The van der Waals surface area contributed by atoms with Gasteiger partial charge in [0.15, 0.2) is 5.82 Å². The number of allylic oxidation sites excluding steroid dienone is 1. The lowest BCUT2D eigenvalue weighted by molar-refractivity contribution is -0.109. The van der Waals surface area contributed by atoms with Gasteiger partial charge in [0, 0.05) is 6.54 Å². The summed E-state index contributed by atoms with van der Waals surface area (Å²) in [6.07, 6.45) is 2.41. The number of rotatable bonds is 5. The SMILES string of the molecule is C=CCn1c(C)nnc1CNC=O. The fourth-order valence-electron chi connectivity index (χ4n) is 1.06. The summed E-state index contributed by atoms with van der Waals surface area (Å²) < 4.78 is 1.89. The number of hydrogen-bond donors (Lipinski definition) is 1. The van der Waals surface area contributed by atoms with Crippen molar-refractivity contribution in [3.8, 4) is 0 Å². The number of carbonyl (C=O) groups is 1. The van der Waals surface area contributed by atoms with Gasteiger partial charge in [0.1, 0.15) is 5.82 Å². The van der Waals surface area contributed by atoms with Gasteiger partial charge in [-0.05, 0) is 6.92 Å². The van der Waals surface area contributed by atoms with Gasteiger partial charge in [0.25, 0.3) is 0 Å². The molecule has 1 aromatic rings. The summed E-state index contributed by atoms with van der Waals surface area (Å²) in [5.41, 5.74) is 0. The standard InChI is InChI=1S/C8H12N4O/c1-3-4-12-7(2)10-11-8(12)5-9-6-13/h3,6H,1,4-5H2,2H3,(H,9,13). The van der Waals surface area contributed by atoms with Crippen molar-refractivity contribution in [3.05, 3.63) is 24.3 Å². The van der Waals surface area contributed by atoms with Crippen LogP contribution in [0.2, 0.25) is 0 Å². The van der Waals surface area contributed by atoms with E-state index in [1.54, 1.807) is 6.08 Å². The summed E-state index contributed by atoms with van der Waals surface area (Å²) in [5, 5.41) is 10.4. The van der Waals surface area contributed by atoms with E-state index in [9.17, 15) is 4.79 Å². The van der Waals surface area contributed by atoms with Crippen LogP contribution in [0, 0.1) is 6.92 Å². The summed E-state index contributed by atoms with van der Waals surface area (Å²) in [4.78, 5) is 10.1. The average molecular weight is 180 g/mol. The molecule has 0 aliphatic rings. The number of nitrogens with zero attached hydrogens (tertiary/aromatic N) is 3. The molecular weight excluding hydrogens is 168 g/mol. The third-order valence-electron chi connectivity index (χ3n) is 1.67. The minimum absolute atomic E-state index is 0.401. The zero-order chi connectivity index (χ0) is 9.68. The fourth-order valence-corrected chi connectivity index (χ4v) is 1.06. The molecule has 0 aliphatic carbocycles. The van der Waals surface area contributed by atoms with Gasteiger partial charge in [-0.25, -0.2) is 0 Å². The molecule has 0 aliphatic heterocycles. The molecule has 0 saturated heterocycles. The minimum atomic E-state index is 0.401. The first kappa shape index (κ1) is 9.44. The van der Waals surface area contributed by atoms with Crippen molar-refractivity contribution in [2.45, 2.75) is 20.0 Å². The number of aromatic nitrogens is 3. The van der Waals surface area contributed by atoms with Crippen LogP contribution in [0.25, 0.3) is 0 Å². The molecule has 0 bridgehead atoms. The van der Waals surface area contributed by atoms with Crippen molar-refractivity contribution >= 4 is 6.41 Å². The van der Waals surface area contributed by atoms with Gasteiger partial charge in [-0.1, -0.05) is 6.08 Å². The van der Waals surface area contributed by atoms with Crippen molar-refractivity contribution in [1.29, 1.82) is 0 Å². The Balaban J connectivity index is 2.79. The van der Waals surface area contributed by atoms with Crippen LogP contribution in [0.15, 0.2) is 12.7 Å². The van der Waals surface area contributed by atoms with Crippen LogP contribution in [0.3, 0.4) is 0 Å². The van der Waals surface area contributed by atoms with E-state index >= 15 is 0 Å². The van der Waals surface area contributed by atoms with Crippen LogP contribution in [0.1, 0.15) is 11.6 Å². The Kier molecular flexibility index (Phi) is 3.19. The first-order chi connectivity index (χ1) is 6.29. The predicted molar refractivity (Wildman–Crippen MR) is 47.9 cm³/mol. The Hall–Kier alpha value is -1.65. The van der Waals surface area contributed by atoms with E-state index in [-0.39, 0.29) is 0 Å².